The van der Waals surface area contributed by atoms with Gasteiger partial charge in [-0.05, 0) is 57.1 Å². The number of ether oxygens (including phenoxy) is 1. The van der Waals surface area contributed by atoms with Gasteiger partial charge in [0.05, 0.1) is 4.47 Å². The molecule has 5 nitrogen and oxygen atoms in total. The number of hydrogen-bond donors (Lipinski definition) is 1. The number of carbonyl (C=O) groups is 2. The molecule has 1 saturated heterocycles. The molecule has 1 aliphatic heterocycles. The fraction of sp³-hybridized carbons (Fsp3) is 0.273. The maximum atomic E-state index is 12.6. The average molecular weight is 473 g/mol. The molecule has 1 aliphatic rings. The van der Waals surface area contributed by atoms with Crippen molar-refractivity contribution in [2.45, 2.75) is 18.9 Å². The van der Waals surface area contributed by atoms with Gasteiger partial charge in [-0.3, -0.25) is 9.59 Å². The van der Waals surface area contributed by atoms with Crippen LogP contribution >= 0.6 is 27.3 Å². The van der Waals surface area contributed by atoms with Crippen LogP contribution in [0.5, 0.6) is 5.75 Å². The standard InChI is InChI=1S/C22H21BrN2O3S/c23-21-18-4-2-1-3-15(18)5-6-19(21)28-13-20(26)25-10-7-17(8-11-25)24-22(27)16-9-12-29-14-16/h1-6,9,12,14,17H,7-8,10-11,13H2,(H,24,27). The number of carbonyl (C=O) groups excluding carboxylic acids is 2. The van der Waals surface area contributed by atoms with Crippen molar-refractivity contribution in [3.05, 3.63) is 63.3 Å². The minimum Gasteiger partial charge on any atom is -0.483 e. The molecular formula is C22H21BrN2O3S. The first-order valence-corrected chi connectivity index (χ1v) is 11.3. The summed E-state index contributed by atoms with van der Waals surface area (Å²) in [4.78, 5) is 26.5. The Bertz CT molecular complexity index is 1010. The lowest BCUT2D eigenvalue weighted by molar-refractivity contribution is -0.134. The fourth-order valence-electron chi connectivity index (χ4n) is 3.49. The minimum absolute atomic E-state index is 0.00285. The third-order valence-corrected chi connectivity index (χ3v) is 6.65. The third-order valence-electron chi connectivity index (χ3n) is 5.15. The molecule has 1 fully saturated rings. The highest BCUT2D eigenvalue weighted by Gasteiger charge is 2.24. The van der Waals surface area contributed by atoms with Gasteiger partial charge in [-0.1, -0.05) is 30.3 Å². The topological polar surface area (TPSA) is 58.6 Å². The summed E-state index contributed by atoms with van der Waals surface area (Å²) in [7, 11) is 0. The Morgan fingerprint density at radius 2 is 1.93 bits per heavy atom. The quantitative estimate of drug-likeness (QED) is 0.595. The number of fused-ring (bicyclic) bond motifs is 1. The van der Waals surface area contributed by atoms with Crippen molar-refractivity contribution in [3.63, 3.8) is 0 Å². The number of likely N-dealkylation sites (tertiary alicyclic amines) is 1. The molecule has 29 heavy (non-hydrogen) atoms. The third kappa shape index (κ3) is 4.62. The molecule has 2 aromatic carbocycles. The van der Waals surface area contributed by atoms with Gasteiger partial charge in [0.2, 0.25) is 0 Å². The molecule has 2 amide bonds. The van der Waals surface area contributed by atoms with Gasteiger partial charge in [-0.25, -0.2) is 0 Å². The van der Waals surface area contributed by atoms with Gasteiger partial charge in [0.15, 0.2) is 6.61 Å². The number of thiophene rings is 1. The first-order chi connectivity index (χ1) is 14.1. The van der Waals surface area contributed by atoms with E-state index in [2.05, 4.69) is 21.2 Å². The molecular weight excluding hydrogens is 452 g/mol. The van der Waals surface area contributed by atoms with Gasteiger partial charge in [-0.2, -0.15) is 11.3 Å². The lowest BCUT2D eigenvalue weighted by atomic mass is 10.0. The second kappa shape index (κ2) is 8.97. The molecule has 4 rings (SSSR count). The number of nitrogens with zero attached hydrogens (tertiary/aromatic N) is 1. The monoisotopic (exact) mass is 472 g/mol. The summed E-state index contributed by atoms with van der Waals surface area (Å²) in [5, 5.41) is 8.96. The van der Waals surface area contributed by atoms with Crippen LogP contribution in [0, 0.1) is 0 Å². The number of piperidine rings is 1. The highest BCUT2D eigenvalue weighted by Crippen LogP contribution is 2.33. The Morgan fingerprint density at radius 1 is 1.14 bits per heavy atom. The molecule has 1 N–H and O–H groups in total. The lowest BCUT2D eigenvalue weighted by Gasteiger charge is -2.32. The van der Waals surface area contributed by atoms with Crippen LogP contribution in [-0.2, 0) is 4.79 Å². The van der Waals surface area contributed by atoms with Crippen molar-refractivity contribution in [1.29, 1.82) is 0 Å². The summed E-state index contributed by atoms with van der Waals surface area (Å²) < 4.78 is 6.65. The molecule has 0 atom stereocenters. The van der Waals surface area contributed by atoms with E-state index in [9.17, 15) is 9.59 Å². The zero-order chi connectivity index (χ0) is 20.2. The SMILES string of the molecule is O=C(NC1CCN(C(=O)COc2ccc3ccccc3c2Br)CC1)c1ccsc1. The highest BCUT2D eigenvalue weighted by molar-refractivity contribution is 9.10. The zero-order valence-corrected chi connectivity index (χ0v) is 18.2. The van der Waals surface area contributed by atoms with E-state index in [4.69, 9.17) is 4.74 Å². The smallest absolute Gasteiger partial charge is 0.260 e. The number of amides is 2. The Labute approximate surface area is 181 Å². The molecule has 0 radical (unpaired) electrons. The fourth-order valence-corrected chi connectivity index (χ4v) is 4.74. The molecule has 7 heteroatoms. The molecule has 1 aromatic heterocycles. The van der Waals surface area contributed by atoms with E-state index in [1.54, 1.807) is 0 Å². The first kappa shape index (κ1) is 19.9. The number of hydrogen-bond acceptors (Lipinski definition) is 4. The summed E-state index contributed by atoms with van der Waals surface area (Å²) in [5.41, 5.74) is 0.697. The molecule has 0 bridgehead atoms. The zero-order valence-electron chi connectivity index (χ0n) is 15.8. The lowest BCUT2D eigenvalue weighted by Crippen LogP contribution is -2.47. The van der Waals surface area contributed by atoms with Gasteiger partial charge >= 0.3 is 0 Å². The number of halogens is 1. The predicted molar refractivity (Wildman–Crippen MR) is 119 cm³/mol. The van der Waals surface area contributed by atoms with E-state index in [-0.39, 0.29) is 24.5 Å². The summed E-state index contributed by atoms with van der Waals surface area (Å²) in [6, 6.07) is 13.8. The highest BCUT2D eigenvalue weighted by atomic mass is 79.9. The summed E-state index contributed by atoms with van der Waals surface area (Å²) in [6.07, 6.45) is 1.50. The minimum atomic E-state index is -0.0412. The van der Waals surface area contributed by atoms with Crippen molar-refractivity contribution >= 4 is 49.9 Å². The normalized spacial score (nSPS) is 14.7. The van der Waals surface area contributed by atoms with Crippen LogP contribution in [0.2, 0.25) is 0 Å². The number of benzene rings is 2. The van der Waals surface area contributed by atoms with Crippen molar-refractivity contribution in [2.24, 2.45) is 0 Å². The van der Waals surface area contributed by atoms with Crippen LogP contribution in [0.4, 0.5) is 0 Å². The Hall–Kier alpha value is -2.38. The van der Waals surface area contributed by atoms with Crippen LogP contribution in [0.25, 0.3) is 10.8 Å². The second-order valence-electron chi connectivity index (χ2n) is 7.03. The van der Waals surface area contributed by atoms with E-state index in [0.717, 1.165) is 28.1 Å². The van der Waals surface area contributed by atoms with Gasteiger partial charge in [0.1, 0.15) is 5.75 Å². The molecule has 0 spiro atoms. The van der Waals surface area contributed by atoms with Gasteiger partial charge < -0.3 is 15.0 Å². The molecule has 0 saturated carbocycles. The average Bonchev–Trinajstić information content (AvgIpc) is 3.29. The molecule has 150 valence electrons. The number of nitrogens with one attached hydrogen (secondary N) is 1. The summed E-state index contributed by atoms with van der Waals surface area (Å²) in [6.45, 7) is 1.24. The maximum Gasteiger partial charge on any atom is 0.260 e. The van der Waals surface area contributed by atoms with Crippen LogP contribution < -0.4 is 10.1 Å². The van der Waals surface area contributed by atoms with Crippen molar-refractivity contribution in [3.8, 4) is 5.75 Å². The Kier molecular flexibility index (Phi) is 6.16. The van der Waals surface area contributed by atoms with E-state index in [1.807, 2.05) is 58.1 Å². The van der Waals surface area contributed by atoms with Gasteiger partial charge in [0.25, 0.3) is 11.8 Å². The van der Waals surface area contributed by atoms with Crippen LogP contribution in [0.15, 0.2) is 57.7 Å². The van der Waals surface area contributed by atoms with Crippen LogP contribution in [-0.4, -0.2) is 42.5 Å². The van der Waals surface area contributed by atoms with Crippen LogP contribution in [0.3, 0.4) is 0 Å². The van der Waals surface area contributed by atoms with E-state index in [0.29, 0.717) is 24.4 Å². The summed E-state index contributed by atoms with van der Waals surface area (Å²) >= 11 is 5.09. The van der Waals surface area contributed by atoms with E-state index in [1.165, 1.54) is 11.3 Å². The second-order valence-corrected chi connectivity index (χ2v) is 8.60. The summed E-state index contributed by atoms with van der Waals surface area (Å²) in [5.74, 6) is 0.586. The van der Waals surface area contributed by atoms with Crippen molar-refractivity contribution in [1.82, 2.24) is 10.2 Å². The largest absolute Gasteiger partial charge is 0.483 e. The van der Waals surface area contributed by atoms with Crippen molar-refractivity contribution < 1.29 is 14.3 Å². The molecule has 2 heterocycles. The van der Waals surface area contributed by atoms with Crippen molar-refractivity contribution in [2.75, 3.05) is 19.7 Å². The van der Waals surface area contributed by atoms with E-state index >= 15 is 0 Å². The number of rotatable bonds is 5. The van der Waals surface area contributed by atoms with Crippen LogP contribution in [0.1, 0.15) is 23.2 Å². The Morgan fingerprint density at radius 3 is 2.69 bits per heavy atom. The first-order valence-electron chi connectivity index (χ1n) is 9.52. The van der Waals surface area contributed by atoms with Gasteiger partial charge in [0, 0.05) is 30.1 Å². The van der Waals surface area contributed by atoms with E-state index < -0.39 is 0 Å². The maximum absolute atomic E-state index is 12.6. The predicted octanol–water partition coefficient (Wildman–Crippen LogP) is 4.46. The molecule has 0 aliphatic carbocycles. The van der Waals surface area contributed by atoms with Gasteiger partial charge in [-0.15, -0.1) is 0 Å². The molecule has 3 aromatic rings. The Balaban J connectivity index is 1.28. The molecule has 0 unspecified atom stereocenters.